The van der Waals surface area contributed by atoms with Gasteiger partial charge in [-0.2, -0.15) is 0 Å². The molecule has 3 saturated heterocycles. The van der Waals surface area contributed by atoms with Crippen molar-refractivity contribution in [3.63, 3.8) is 0 Å². The summed E-state index contributed by atoms with van der Waals surface area (Å²) in [5.41, 5.74) is 30.2. The first-order chi connectivity index (χ1) is 22.1. The van der Waals surface area contributed by atoms with Crippen LogP contribution in [-0.2, 0) is 33.2 Å². The molecular formula is C27H52N6O14. The van der Waals surface area contributed by atoms with Crippen LogP contribution in [0.5, 0.6) is 0 Å². The van der Waals surface area contributed by atoms with Crippen LogP contribution in [-0.4, -0.2) is 178 Å². The minimum Gasteiger partial charge on any atom is -0.394 e. The molecule has 0 spiro atoms. The lowest BCUT2D eigenvalue weighted by atomic mass is 9.84. The molecule has 4 rings (SSSR count). The number of amides is 1. The smallest absolute Gasteiger partial charge is 0.222 e. The van der Waals surface area contributed by atoms with Crippen LogP contribution in [0.4, 0.5) is 0 Å². The van der Waals surface area contributed by atoms with Gasteiger partial charge in [-0.3, -0.25) is 4.79 Å². The second-order valence-corrected chi connectivity index (χ2v) is 12.9. The van der Waals surface area contributed by atoms with Gasteiger partial charge in [-0.05, 0) is 6.42 Å². The van der Waals surface area contributed by atoms with Gasteiger partial charge in [0, 0.05) is 31.1 Å². The molecular weight excluding hydrogens is 632 g/mol. The zero-order valence-electron chi connectivity index (χ0n) is 26.3. The Morgan fingerprint density at radius 1 is 0.702 bits per heavy atom. The van der Waals surface area contributed by atoms with Crippen LogP contribution in [0, 0.1) is 5.92 Å². The van der Waals surface area contributed by atoms with Gasteiger partial charge in [0.15, 0.2) is 18.9 Å². The molecule has 0 unspecified atom stereocenters. The van der Waals surface area contributed by atoms with E-state index in [1.54, 1.807) is 13.8 Å². The van der Waals surface area contributed by atoms with Crippen molar-refractivity contribution in [3.05, 3.63) is 0 Å². The number of carbonyl (C=O) groups excluding carboxylic acids is 1. The Morgan fingerprint density at radius 3 is 1.77 bits per heavy atom. The Morgan fingerprint density at radius 2 is 1.21 bits per heavy atom. The van der Waals surface area contributed by atoms with Crippen molar-refractivity contribution < 1.29 is 69.0 Å². The van der Waals surface area contributed by atoms with Gasteiger partial charge in [0.2, 0.25) is 5.91 Å². The molecule has 47 heavy (non-hydrogen) atoms. The molecule has 20 heteroatoms. The predicted octanol–water partition coefficient (Wildman–Crippen LogP) is -8.08. The van der Waals surface area contributed by atoms with E-state index in [1.807, 2.05) is 0 Å². The first-order valence-electron chi connectivity index (χ1n) is 15.7. The largest absolute Gasteiger partial charge is 0.394 e. The second-order valence-electron chi connectivity index (χ2n) is 12.9. The first-order valence-corrected chi connectivity index (χ1v) is 15.7. The maximum atomic E-state index is 12.1. The Bertz CT molecular complexity index is 1020. The molecule has 1 saturated carbocycles. The fourth-order valence-electron chi connectivity index (χ4n) is 6.12. The Kier molecular flexibility index (Phi) is 13.3. The highest BCUT2D eigenvalue weighted by atomic mass is 16.8. The summed E-state index contributed by atoms with van der Waals surface area (Å²) in [5, 5.41) is 76.7. The number of hydrogen-bond donors (Lipinski definition) is 13. The van der Waals surface area contributed by atoms with Crippen molar-refractivity contribution >= 4 is 5.91 Å². The van der Waals surface area contributed by atoms with E-state index in [-0.39, 0.29) is 31.3 Å². The van der Waals surface area contributed by atoms with Crippen molar-refractivity contribution in [1.82, 2.24) is 5.32 Å². The van der Waals surface area contributed by atoms with Crippen LogP contribution in [0.1, 0.15) is 20.3 Å². The third kappa shape index (κ3) is 8.22. The van der Waals surface area contributed by atoms with E-state index in [9.17, 15) is 40.5 Å². The average molecular weight is 685 g/mol. The van der Waals surface area contributed by atoms with E-state index >= 15 is 0 Å². The number of ether oxygens (including phenoxy) is 6. The van der Waals surface area contributed by atoms with E-state index in [0.29, 0.717) is 0 Å². The molecule has 3 heterocycles. The number of aliphatic hydroxyl groups is 7. The highest BCUT2D eigenvalue weighted by Gasteiger charge is 2.54. The van der Waals surface area contributed by atoms with Gasteiger partial charge in [-0.25, -0.2) is 0 Å². The zero-order chi connectivity index (χ0) is 34.9. The molecule has 4 aliphatic rings. The standard InChI is InChI=1S/C27H52N6O14/c1-7(2)24(41)33-5-11-17(37)19(39)14(32)26(43-11)46-22-12(6-34)44-27(20(22)40)47-23-15(35)8(29)3-9(30)21(23)45-25-13(31)18(38)16(36)10(4-28)42-25/h7-23,25-27,34-40H,3-6,28-32H2,1-2H3,(H,33,41)/t8-,9+,10-,11+,12-,13-,14-,15+,16-,17-,18-,19-,20-,21-,22-,23-,25-,26-,27+/m1/s1. The highest BCUT2D eigenvalue weighted by molar-refractivity contribution is 5.77. The Balaban J connectivity index is 1.48. The van der Waals surface area contributed by atoms with Gasteiger partial charge in [0.1, 0.15) is 67.1 Å². The van der Waals surface area contributed by atoms with Gasteiger partial charge < -0.3 is 98.2 Å². The first kappa shape index (κ1) is 38.6. The van der Waals surface area contributed by atoms with Crippen LogP contribution in [0.15, 0.2) is 0 Å². The van der Waals surface area contributed by atoms with Crippen LogP contribution in [0.2, 0.25) is 0 Å². The third-order valence-corrected chi connectivity index (χ3v) is 9.14. The lowest BCUT2D eigenvalue weighted by molar-refractivity contribution is -0.306. The quantitative estimate of drug-likeness (QED) is 0.0960. The Hall–Kier alpha value is -1.25. The number of nitrogens with two attached hydrogens (primary N) is 5. The molecule has 0 aromatic rings. The molecule has 1 amide bonds. The molecule has 0 bridgehead atoms. The van der Waals surface area contributed by atoms with Crippen LogP contribution in [0.3, 0.4) is 0 Å². The lowest BCUT2D eigenvalue weighted by Gasteiger charge is -2.47. The lowest BCUT2D eigenvalue weighted by Crippen LogP contribution is -2.68. The van der Waals surface area contributed by atoms with E-state index in [1.165, 1.54) is 0 Å². The van der Waals surface area contributed by atoms with E-state index < -0.39 is 123 Å². The zero-order valence-corrected chi connectivity index (χ0v) is 26.3. The number of carbonyl (C=O) groups is 1. The minimum atomic E-state index is -1.65. The molecule has 20 nitrogen and oxygen atoms in total. The summed E-state index contributed by atoms with van der Waals surface area (Å²) in [5.74, 6) is -0.673. The Labute approximate surface area is 271 Å². The molecule has 18 N–H and O–H groups in total. The minimum absolute atomic E-state index is 0.0715. The number of aliphatic hydroxyl groups excluding tert-OH is 7. The van der Waals surface area contributed by atoms with Gasteiger partial charge in [-0.1, -0.05) is 13.8 Å². The topological polar surface area (TPSA) is 356 Å². The number of rotatable bonds is 11. The SMILES string of the molecule is CC(C)C(=O)NC[C@@H]1O[C@H](O[C@H]2[C@@H](O)[C@H](O[C@@H]3[C@@H](O)[C@H](N)C[C@H](N)[C@H]3O[C@H]3O[C@H](CN)[C@@H](O)[C@H](O)[C@H]3N)O[C@@H]2CO)[C@H](N)[C@@H](O)[C@@H]1O. The summed E-state index contributed by atoms with van der Waals surface area (Å²) < 4.78 is 35.1. The summed E-state index contributed by atoms with van der Waals surface area (Å²) in [4.78, 5) is 12.1. The summed E-state index contributed by atoms with van der Waals surface area (Å²) in [7, 11) is 0. The van der Waals surface area contributed by atoms with Crippen molar-refractivity contribution in [2.75, 3.05) is 19.7 Å². The van der Waals surface area contributed by atoms with E-state index in [4.69, 9.17) is 57.1 Å². The van der Waals surface area contributed by atoms with Gasteiger partial charge >= 0.3 is 0 Å². The molecule has 19 atom stereocenters. The van der Waals surface area contributed by atoms with Crippen molar-refractivity contribution in [2.45, 2.75) is 137 Å². The number of nitrogens with one attached hydrogen (secondary N) is 1. The molecule has 0 radical (unpaired) electrons. The monoisotopic (exact) mass is 684 g/mol. The van der Waals surface area contributed by atoms with Gasteiger partial charge in [0.25, 0.3) is 0 Å². The summed E-state index contributed by atoms with van der Waals surface area (Å²) in [6.45, 7) is 2.32. The predicted molar refractivity (Wildman–Crippen MR) is 157 cm³/mol. The van der Waals surface area contributed by atoms with Crippen LogP contribution < -0.4 is 34.0 Å². The normalized spacial score (nSPS) is 49.3. The molecule has 1 aliphatic carbocycles. The maximum Gasteiger partial charge on any atom is 0.222 e. The third-order valence-electron chi connectivity index (χ3n) is 9.14. The van der Waals surface area contributed by atoms with Crippen molar-refractivity contribution in [3.8, 4) is 0 Å². The summed E-state index contributed by atoms with van der Waals surface area (Å²) >= 11 is 0. The highest BCUT2D eigenvalue weighted by Crippen LogP contribution is 2.34. The van der Waals surface area contributed by atoms with E-state index in [2.05, 4.69) is 5.32 Å². The average Bonchev–Trinajstić information content (AvgIpc) is 3.33. The molecule has 3 aliphatic heterocycles. The molecule has 0 aromatic carbocycles. The van der Waals surface area contributed by atoms with Gasteiger partial charge in [0.05, 0.1) is 24.8 Å². The summed E-state index contributed by atoms with van der Waals surface area (Å²) in [6.07, 6.45) is -20.5. The van der Waals surface area contributed by atoms with Crippen LogP contribution >= 0.6 is 0 Å². The van der Waals surface area contributed by atoms with Gasteiger partial charge in [-0.15, -0.1) is 0 Å². The fourth-order valence-corrected chi connectivity index (χ4v) is 6.12. The molecule has 4 fully saturated rings. The summed E-state index contributed by atoms with van der Waals surface area (Å²) in [6, 6.07) is -4.32. The molecule has 274 valence electrons. The van der Waals surface area contributed by atoms with Crippen molar-refractivity contribution in [2.24, 2.45) is 34.6 Å². The van der Waals surface area contributed by atoms with E-state index in [0.717, 1.165) is 0 Å². The number of hydrogen-bond acceptors (Lipinski definition) is 19. The second kappa shape index (κ2) is 16.2. The van der Waals surface area contributed by atoms with Crippen LogP contribution in [0.25, 0.3) is 0 Å². The molecule has 0 aromatic heterocycles. The fraction of sp³-hybridized carbons (Fsp3) is 0.963. The van der Waals surface area contributed by atoms with Crippen molar-refractivity contribution in [1.29, 1.82) is 0 Å². The maximum absolute atomic E-state index is 12.1.